The Morgan fingerprint density at radius 3 is 2.81 bits per heavy atom. The van der Waals surface area contributed by atoms with Crippen molar-refractivity contribution in [2.45, 2.75) is 20.3 Å². The highest BCUT2D eigenvalue weighted by atomic mass is 32.1. The molecule has 0 aliphatic rings. The number of nitro benzene ring substituents is 1. The molecule has 0 radical (unpaired) electrons. The van der Waals surface area contributed by atoms with Crippen LogP contribution in [0.5, 0.6) is 0 Å². The van der Waals surface area contributed by atoms with Gasteiger partial charge in [-0.15, -0.1) is 10.2 Å². The fourth-order valence-corrected chi connectivity index (χ4v) is 3.80. The van der Waals surface area contributed by atoms with Crippen LogP contribution in [-0.2, 0) is 9.53 Å². The van der Waals surface area contributed by atoms with E-state index in [0.29, 0.717) is 34.1 Å². The minimum atomic E-state index is -0.444. The van der Waals surface area contributed by atoms with Crippen molar-refractivity contribution >= 4 is 49.7 Å². The molecule has 0 aliphatic heterocycles. The number of non-ortho nitro benzene ring substituents is 1. The van der Waals surface area contributed by atoms with Gasteiger partial charge in [0.1, 0.15) is 6.07 Å². The first kappa shape index (κ1) is 22.8. The van der Waals surface area contributed by atoms with Gasteiger partial charge in [-0.1, -0.05) is 11.3 Å². The molecule has 0 spiro atoms. The molecule has 10 nitrogen and oxygen atoms in total. The van der Waals surface area contributed by atoms with Gasteiger partial charge in [0, 0.05) is 30.9 Å². The highest BCUT2D eigenvalue weighted by molar-refractivity contribution is 7.21. The lowest BCUT2D eigenvalue weighted by Gasteiger charge is -2.23. The number of anilines is 1. The Labute approximate surface area is 187 Å². The van der Waals surface area contributed by atoms with Gasteiger partial charge in [-0.3, -0.25) is 14.9 Å². The lowest BCUT2D eigenvalue weighted by Crippen LogP contribution is -2.26. The van der Waals surface area contributed by atoms with Gasteiger partial charge in [-0.2, -0.15) is 5.26 Å². The molecule has 0 saturated heterocycles. The summed E-state index contributed by atoms with van der Waals surface area (Å²) in [5.41, 5.74) is 3.14. The number of fused-ring (bicyclic) bond motifs is 1. The zero-order valence-electron chi connectivity index (χ0n) is 17.5. The van der Waals surface area contributed by atoms with Crippen molar-refractivity contribution in [2.75, 3.05) is 24.6 Å². The van der Waals surface area contributed by atoms with Crippen molar-refractivity contribution in [2.24, 2.45) is 10.2 Å². The van der Waals surface area contributed by atoms with Gasteiger partial charge in [0.25, 0.3) is 5.69 Å². The summed E-state index contributed by atoms with van der Waals surface area (Å²) in [6.07, 6.45) is 0.186. The first-order chi connectivity index (χ1) is 15.4. The third-order valence-corrected chi connectivity index (χ3v) is 5.53. The van der Waals surface area contributed by atoms with Gasteiger partial charge in [0.15, 0.2) is 6.61 Å². The summed E-state index contributed by atoms with van der Waals surface area (Å²) in [6, 6.07) is 11.9. The fraction of sp³-hybridized carbons (Fsp3) is 0.286. The van der Waals surface area contributed by atoms with Crippen molar-refractivity contribution in [1.29, 1.82) is 5.26 Å². The van der Waals surface area contributed by atoms with Gasteiger partial charge >= 0.3 is 5.97 Å². The minimum absolute atomic E-state index is 0.00914. The number of nitriles is 1. The molecule has 0 fully saturated rings. The van der Waals surface area contributed by atoms with Crippen molar-refractivity contribution in [3.05, 3.63) is 52.1 Å². The van der Waals surface area contributed by atoms with Gasteiger partial charge in [0.2, 0.25) is 5.13 Å². The van der Waals surface area contributed by atoms with Gasteiger partial charge in [-0.05, 0) is 43.7 Å². The molecule has 1 aromatic heterocycles. The van der Waals surface area contributed by atoms with Crippen LogP contribution in [0.2, 0.25) is 0 Å². The standard InChI is InChI=1S/C21H20N6O4S/c1-3-26(10-8-20(28)31-11-9-22)15-4-6-17(14(2)12-15)24-25-21-23-18-7-5-16(27(29)30)13-19(18)32-21/h4-7,12-13H,3,8,10-11H2,1-2H3. The van der Waals surface area contributed by atoms with Crippen LogP contribution in [0.15, 0.2) is 46.6 Å². The number of rotatable bonds is 9. The van der Waals surface area contributed by atoms with Crippen LogP contribution in [0, 0.1) is 28.4 Å². The molecule has 11 heteroatoms. The number of nitrogens with zero attached hydrogens (tertiary/aromatic N) is 6. The largest absolute Gasteiger partial charge is 0.450 e. The molecular weight excluding hydrogens is 432 g/mol. The Morgan fingerprint density at radius 2 is 2.12 bits per heavy atom. The Morgan fingerprint density at radius 1 is 1.31 bits per heavy atom. The van der Waals surface area contributed by atoms with Crippen LogP contribution in [0.3, 0.4) is 0 Å². The van der Waals surface area contributed by atoms with Crippen molar-refractivity contribution in [1.82, 2.24) is 4.98 Å². The monoisotopic (exact) mass is 452 g/mol. The average molecular weight is 452 g/mol. The van der Waals surface area contributed by atoms with Crippen LogP contribution in [-0.4, -0.2) is 35.6 Å². The molecule has 0 bridgehead atoms. The lowest BCUT2D eigenvalue weighted by atomic mass is 10.1. The van der Waals surface area contributed by atoms with Gasteiger partial charge in [0.05, 0.1) is 27.2 Å². The summed E-state index contributed by atoms with van der Waals surface area (Å²) in [7, 11) is 0. The Hall–Kier alpha value is -3.91. The number of carbonyl (C=O) groups is 1. The van der Waals surface area contributed by atoms with E-state index < -0.39 is 10.9 Å². The number of carbonyl (C=O) groups excluding carboxylic acids is 1. The summed E-state index contributed by atoms with van der Waals surface area (Å²) in [5.74, 6) is -0.409. The Balaban J connectivity index is 1.71. The van der Waals surface area contributed by atoms with Crippen molar-refractivity contribution < 1.29 is 14.5 Å². The number of hydrogen-bond donors (Lipinski definition) is 0. The number of azo groups is 1. The SMILES string of the molecule is CCN(CCC(=O)OCC#N)c1ccc(N=Nc2nc3ccc([N+](=O)[O-])cc3s2)c(C)c1. The summed E-state index contributed by atoms with van der Waals surface area (Å²) >= 11 is 1.23. The summed E-state index contributed by atoms with van der Waals surface area (Å²) in [6.45, 7) is 4.83. The molecule has 3 aromatic rings. The number of thiazole rings is 1. The molecule has 3 rings (SSSR count). The highest BCUT2D eigenvalue weighted by Crippen LogP contribution is 2.32. The number of ether oxygens (including phenoxy) is 1. The number of hydrogen-bond acceptors (Lipinski definition) is 10. The topological polar surface area (TPSA) is 134 Å². The van der Waals surface area contributed by atoms with Crippen molar-refractivity contribution in [3.63, 3.8) is 0 Å². The van der Waals surface area contributed by atoms with E-state index in [-0.39, 0.29) is 18.7 Å². The maximum Gasteiger partial charge on any atom is 0.308 e. The molecule has 0 atom stereocenters. The predicted octanol–water partition coefficient (Wildman–Crippen LogP) is 5.21. The highest BCUT2D eigenvalue weighted by Gasteiger charge is 2.12. The zero-order chi connectivity index (χ0) is 23.1. The van der Waals surface area contributed by atoms with Gasteiger partial charge < -0.3 is 9.64 Å². The number of esters is 1. The average Bonchev–Trinajstić information content (AvgIpc) is 3.19. The van der Waals surface area contributed by atoms with E-state index >= 15 is 0 Å². The van der Waals surface area contributed by atoms with Gasteiger partial charge in [-0.25, -0.2) is 4.98 Å². The minimum Gasteiger partial charge on any atom is -0.450 e. The molecule has 0 saturated carbocycles. The van der Waals surface area contributed by atoms with Crippen LogP contribution in [0.25, 0.3) is 10.2 Å². The number of aryl methyl sites for hydroxylation is 1. The van der Waals surface area contributed by atoms with E-state index in [1.165, 1.54) is 23.5 Å². The van der Waals surface area contributed by atoms with E-state index in [2.05, 4.69) is 15.2 Å². The Kier molecular flexibility index (Phi) is 7.41. The smallest absolute Gasteiger partial charge is 0.308 e. The third-order valence-electron chi connectivity index (χ3n) is 4.63. The maximum atomic E-state index is 11.6. The van der Waals surface area contributed by atoms with E-state index in [4.69, 9.17) is 10.00 Å². The van der Waals surface area contributed by atoms with Crippen LogP contribution in [0.1, 0.15) is 18.9 Å². The van der Waals surface area contributed by atoms with E-state index in [1.54, 1.807) is 12.1 Å². The van der Waals surface area contributed by atoms with Crippen LogP contribution < -0.4 is 4.90 Å². The molecule has 0 N–H and O–H groups in total. The molecule has 0 unspecified atom stereocenters. The normalized spacial score (nSPS) is 10.9. The van der Waals surface area contributed by atoms with Crippen LogP contribution >= 0.6 is 11.3 Å². The summed E-state index contributed by atoms with van der Waals surface area (Å²) in [4.78, 5) is 28.5. The number of benzene rings is 2. The maximum absolute atomic E-state index is 11.6. The number of nitro groups is 1. The molecule has 0 aliphatic carbocycles. The van der Waals surface area contributed by atoms with E-state index in [1.807, 2.05) is 36.9 Å². The first-order valence-corrected chi connectivity index (χ1v) is 10.6. The summed E-state index contributed by atoms with van der Waals surface area (Å²) < 4.78 is 5.46. The Bertz CT molecular complexity index is 1220. The second-order valence-electron chi connectivity index (χ2n) is 6.72. The molecule has 2 aromatic carbocycles. The summed E-state index contributed by atoms with van der Waals surface area (Å²) in [5, 5.41) is 28.3. The molecule has 32 heavy (non-hydrogen) atoms. The third kappa shape index (κ3) is 5.61. The second kappa shape index (κ2) is 10.4. The molecule has 1 heterocycles. The number of aromatic nitrogens is 1. The predicted molar refractivity (Wildman–Crippen MR) is 121 cm³/mol. The lowest BCUT2D eigenvalue weighted by molar-refractivity contribution is -0.384. The fourth-order valence-electron chi connectivity index (χ4n) is 2.98. The zero-order valence-corrected chi connectivity index (χ0v) is 18.3. The molecule has 164 valence electrons. The molecular formula is C21H20N6O4S. The van der Waals surface area contributed by atoms with Crippen molar-refractivity contribution in [3.8, 4) is 6.07 Å². The molecule has 0 amide bonds. The quantitative estimate of drug-likeness (QED) is 0.188. The van der Waals surface area contributed by atoms with E-state index in [9.17, 15) is 14.9 Å². The van der Waals surface area contributed by atoms with Crippen LogP contribution in [0.4, 0.5) is 22.2 Å². The second-order valence-corrected chi connectivity index (χ2v) is 7.73. The first-order valence-electron chi connectivity index (χ1n) is 9.76. The van der Waals surface area contributed by atoms with E-state index in [0.717, 1.165) is 11.3 Å².